The monoisotopic (exact) mass is 465 g/mol. The van der Waals surface area contributed by atoms with Gasteiger partial charge in [0, 0.05) is 13.1 Å². The molecular weight excluding hydrogens is 442 g/mol. The first-order chi connectivity index (χ1) is 14.5. The van der Waals surface area contributed by atoms with Crippen LogP contribution in [0.3, 0.4) is 0 Å². The van der Waals surface area contributed by atoms with E-state index < -0.39 is 22.0 Å². The Hall–Kier alpha value is -2.01. The van der Waals surface area contributed by atoms with Crippen molar-refractivity contribution in [2.75, 3.05) is 13.7 Å². The van der Waals surface area contributed by atoms with Crippen LogP contribution in [0.2, 0.25) is 0 Å². The van der Waals surface area contributed by atoms with Crippen molar-refractivity contribution in [2.24, 2.45) is 4.99 Å². The molecule has 0 N–H and O–H groups in total. The van der Waals surface area contributed by atoms with E-state index in [1.165, 1.54) is 27.0 Å². The van der Waals surface area contributed by atoms with Gasteiger partial charge in [0.05, 0.1) is 17.3 Å². The van der Waals surface area contributed by atoms with Crippen molar-refractivity contribution in [1.82, 2.24) is 8.87 Å². The first-order valence-corrected chi connectivity index (χ1v) is 12.9. The molecule has 4 rings (SSSR count). The van der Waals surface area contributed by atoms with Crippen molar-refractivity contribution in [3.05, 3.63) is 40.5 Å². The zero-order valence-corrected chi connectivity index (χ0v) is 19.2. The van der Waals surface area contributed by atoms with Gasteiger partial charge in [0.2, 0.25) is 0 Å². The highest BCUT2D eigenvalue weighted by Gasteiger charge is 2.38. The molecule has 2 aromatic heterocycles. The molecule has 3 heterocycles. The summed E-state index contributed by atoms with van der Waals surface area (Å²) < 4.78 is 36.0. The van der Waals surface area contributed by atoms with Crippen LogP contribution in [0.4, 0.5) is 0 Å². The Morgan fingerprint density at radius 2 is 2.13 bits per heavy atom. The highest BCUT2D eigenvalue weighted by atomic mass is 32.2. The highest BCUT2D eigenvalue weighted by Crippen LogP contribution is 2.29. The fraction of sp³-hybridized carbons (Fsp3) is 0.400. The molecule has 1 saturated heterocycles. The average molecular weight is 466 g/mol. The van der Waals surface area contributed by atoms with E-state index in [1.807, 2.05) is 29.7 Å². The Morgan fingerprint density at radius 3 is 2.83 bits per heavy atom. The van der Waals surface area contributed by atoms with E-state index >= 15 is 0 Å². The van der Waals surface area contributed by atoms with Crippen molar-refractivity contribution in [1.29, 1.82) is 0 Å². The summed E-state index contributed by atoms with van der Waals surface area (Å²) in [6.07, 6.45) is 2.03. The lowest BCUT2D eigenvalue weighted by Crippen LogP contribution is -2.47. The fourth-order valence-corrected chi connectivity index (χ4v) is 7.60. The number of ether oxygens (including phenoxy) is 1. The number of methoxy groups -OCH3 is 1. The van der Waals surface area contributed by atoms with Gasteiger partial charge >= 0.3 is 0 Å². The summed E-state index contributed by atoms with van der Waals surface area (Å²) >= 11 is 2.57. The quantitative estimate of drug-likeness (QED) is 0.578. The van der Waals surface area contributed by atoms with Gasteiger partial charge in [-0.15, -0.1) is 11.3 Å². The summed E-state index contributed by atoms with van der Waals surface area (Å²) in [5.41, 5.74) is 0.974. The molecule has 1 aromatic carbocycles. The second kappa shape index (κ2) is 8.62. The van der Waals surface area contributed by atoms with Crippen LogP contribution in [0.15, 0.2) is 44.9 Å². The van der Waals surface area contributed by atoms with Crippen LogP contribution in [0.5, 0.6) is 5.75 Å². The van der Waals surface area contributed by atoms with E-state index in [2.05, 4.69) is 4.99 Å². The molecule has 3 aromatic rings. The molecule has 0 bridgehead atoms. The predicted molar refractivity (Wildman–Crippen MR) is 118 cm³/mol. The van der Waals surface area contributed by atoms with Gasteiger partial charge in [-0.1, -0.05) is 23.8 Å². The van der Waals surface area contributed by atoms with E-state index in [1.54, 1.807) is 24.6 Å². The Balaban J connectivity index is 1.73. The van der Waals surface area contributed by atoms with Gasteiger partial charge < -0.3 is 9.30 Å². The molecule has 160 valence electrons. The van der Waals surface area contributed by atoms with E-state index in [9.17, 15) is 13.2 Å². The molecule has 0 aliphatic carbocycles. The number of amides is 1. The van der Waals surface area contributed by atoms with Gasteiger partial charge in [0.15, 0.2) is 4.80 Å². The van der Waals surface area contributed by atoms with E-state index in [0.29, 0.717) is 24.3 Å². The fourth-order valence-electron chi connectivity index (χ4n) is 3.71. The minimum Gasteiger partial charge on any atom is -0.497 e. The third-order valence-corrected chi connectivity index (χ3v) is 9.53. The van der Waals surface area contributed by atoms with Crippen LogP contribution in [-0.4, -0.2) is 42.9 Å². The van der Waals surface area contributed by atoms with Crippen LogP contribution >= 0.6 is 22.7 Å². The number of sulfonamides is 1. The topological polar surface area (TPSA) is 81.0 Å². The lowest BCUT2D eigenvalue weighted by molar-refractivity contribution is -0.122. The van der Waals surface area contributed by atoms with Crippen molar-refractivity contribution < 1.29 is 17.9 Å². The SMILES string of the molecule is CCn1c(=NC(=O)C2CCCCN2S(=O)(=O)c2cccs2)sc2cc(OC)ccc21. The number of piperidine rings is 1. The van der Waals surface area contributed by atoms with Crippen LogP contribution in [0.1, 0.15) is 26.2 Å². The summed E-state index contributed by atoms with van der Waals surface area (Å²) in [5.74, 6) is 0.334. The van der Waals surface area contributed by atoms with Crippen molar-refractivity contribution >= 4 is 48.8 Å². The zero-order chi connectivity index (χ0) is 21.3. The Labute approximate surface area is 183 Å². The maximum absolute atomic E-state index is 13.2. The Bertz CT molecular complexity index is 1230. The second-order valence-electron chi connectivity index (χ2n) is 6.97. The lowest BCUT2D eigenvalue weighted by atomic mass is 10.0. The maximum Gasteiger partial charge on any atom is 0.266 e. The first-order valence-electron chi connectivity index (χ1n) is 9.77. The normalized spacial score (nSPS) is 18.7. The summed E-state index contributed by atoms with van der Waals surface area (Å²) in [7, 11) is -2.09. The molecular formula is C20H23N3O4S3. The first kappa shape index (κ1) is 21.2. The number of thiazole rings is 1. The molecule has 1 aliphatic heterocycles. The number of carbonyl (C=O) groups is 1. The molecule has 0 saturated carbocycles. The molecule has 30 heavy (non-hydrogen) atoms. The number of hydrogen-bond acceptors (Lipinski definition) is 6. The van der Waals surface area contributed by atoms with Gasteiger partial charge in [-0.3, -0.25) is 4.79 Å². The van der Waals surface area contributed by atoms with Gasteiger partial charge in [0.1, 0.15) is 16.0 Å². The number of carbonyl (C=O) groups excluding carboxylic acids is 1. The minimum absolute atomic E-state index is 0.264. The molecule has 1 fully saturated rings. The standard InChI is InChI=1S/C20H23N3O4S3/c1-3-22-15-10-9-14(27-2)13-17(15)29-20(22)21-19(24)16-7-4-5-11-23(16)30(25,26)18-8-6-12-28-18/h6,8-10,12-13,16H,3-5,7,11H2,1-2H3. The number of rotatable bonds is 5. The van der Waals surface area contributed by atoms with Gasteiger partial charge in [0.25, 0.3) is 15.9 Å². The molecule has 0 radical (unpaired) electrons. The van der Waals surface area contributed by atoms with Crippen LogP contribution in [0, 0.1) is 0 Å². The van der Waals surface area contributed by atoms with E-state index in [0.717, 1.165) is 28.8 Å². The third kappa shape index (κ3) is 3.84. The van der Waals surface area contributed by atoms with Crippen LogP contribution in [-0.2, 0) is 21.4 Å². The molecule has 1 amide bonds. The summed E-state index contributed by atoms with van der Waals surface area (Å²) in [4.78, 5) is 18.1. The highest BCUT2D eigenvalue weighted by molar-refractivity contribution is 7.91. The van der Waals surface area contributed by atoms with Gasteiger partial charge in [-0.2, -0.15) is 9.30 Å². The van der Waals surface area contributed by atoms with Crippen LogP contribution < -0.4 is 9.54 Å². The molecule has 1 aliphatic rings. The number of benzene rings is 1. The van der Waals surface area contributed by atoms with Crippen LogP contribution in [0.25, 0.3) is 10.2 Å². The molecule has 0 spiro atoms. The molecule has 7 nitrogen and oxygen atoms in total. The van der Waals surface area contributed by atoms with Crippen molar-refractivity contribution in [3.8, 4) is 5.75 Å². The van der Waals surface area contributed by atoms with Gasteiger partial charge in [-0.05, 0) is 49.4 Å². The number of aromatic nitrogens is 1. The van der Waals surface area contributed by atoms with Crippen molar-refractivity contribution in [2.45, 2.75) is 43.0 Å². The largest absolute Gasteiger partial charge is 0.497 e. The molecule has 1 atom stereocenters. The van der Waals surface area contributed by atoms with E-state index in [-0.39, 0.29) is 4.21 Å². The summed E-state index contributed by atoms with van der Waals surface area (Å²) in [5, 5.41) is 1.73. The number of nitrogens with zero attached hydrogens (tertiary/aromatic N) is 3. The third-order valence-electron chi connectivity index (χ3n) is 5.21. The second-order valence-corrected chi connectivity index (χ2v) is 11.0. The Kier molecular flexibility index (Phi) is 6.10. The lowest BCUT2D eigenvalue weighted by Gasteiger charge is -2.31. The minimum atomic E-state index is -3.70. The number of aryl methyl sites for hydroxylation is 1. The number of hydrogen-bond donors (Lipinski definition) is 0. The predicted octanol–water partition coefficient (Wildman–Crippen LogP) is 3.46. The molecule has 1 unspecified atom stereocenters. The zero-order valence-electron chi connectivity index (χ0n) is 16.8. The Morgan fingerprint density at radius 1 is 1.30 bits per heavy atom. The average Bonchev–Trinajstić information content (AvgIpc) is 3.41. The summed E-state index contributed by atoms with van der Waals surface area (Å²) in [6.45, 7) is 2.98. The van der Waals surface area contributed by atoms with E-state index in [4.69, 9.17) is 4.74 Å². The molecule has 10 heteroatoms. The van der Waals surface area contributed by atoms with Gasteiger partial charge in [-0.25, -0.2) is 8.42 Å². The number of fused-ring (bicyclic) bond motifs is 1. The summed E-state index contributed by atoms with van der Waals surface area (Å²) in [6, 6.07) is 8.27. The number of thiophene rings is 1. The smallest absolute Gasteiger partial charge is 0.266 e. The maximum atomic E-state index is 13.2. The van der Waals surface area contributed by atoms with Crippen molar-refractivity contribution in [3.63, 3.8) is 0 Å².